The summed E-state index contributed by atoms with van der Waals surface area (Å²) in [5.41, 5.74) is 1.96. The maximum atomic E-state index is 12.6. The van der Waals surface area contributed by atoms with Crippen LogP contribution in [-0.4, -0.2) is 76.2 Å². The molecule has 2 aliphatic rings. The van der Waals surface area contributed by atoms with Crippen molar-refractivity contribution in [3.05, 3.63) is 61.9 Å². The van der Waals surface area contributed by atoms with E-state index in [2.05, 4.69) is 15.6 Å². The number of aromatic nitrogens is 2. The SMILES string of the molecule is CC(C)(C)OC(=O)N1CCN(CC(=O)Nc2ccc(CCn3c4c(c(=O)[nH]c3=O)CNCC4)cc2)CC1. The molecule has 1 aromatic heterocycles. The van der Waals surface area contributed by atoms with Gasteiger partial charge in [0.05, 0.1) is 12.1 Å². The number of carbonyl (C=O) groups is 2. The van der Waals surface area contributed by atoms with Gasteiger partial charge in [-0.15, -0.1) is 0 Å². The van der Waals surface area contributed by atoms with Gasteiger partial charge in [0, 0.05) is 63.6 Å². The number of amides is 2. The highest BCUT2D eigenvalue weighted by Gasteiger charge is 2.26. The van der Waals surface area contributed by atoms with Crippen LogP contribution in [0.1, 0.15) is 37.6 Å². The van der Waals surface area contributed by atoms with Gasteiger partial charge in [0.25, 0.3) is 5.56 Å². The number of hydrogen-bond donors (Lipinski definition) is 3. The van der Waals surface area contributed by atoms with E-state index in [-0.39, 0.29) is 29.8 Å². The fourth-order valence-corrected chi connectivity index (χ4v) is 4.60. The molecule has 4 rings (SSSR count). The van der Waals surface area contributed by atoms with Crippen molar-refractivity contribution in [3.63, 3.8) is 0 Å². The lowest BCUT2D eigenvalue weighted by atomic mass is 10.1. The van der Waals surface area contributed by atoms with Crippen LogP contribution < -0.4 is 21.9 Å². The number of nitrogens with zero attached hydrogens (tertiary/aromatic N) is 3. The molecule has 3 N–H and O–H groups in total. The Hall–Kier alpha value is -3.44. The lowest BCUT2D eigenvalue weighted by Crippen LogP contribution is -2.51. The molecule has 2 aromatic rings. The van der Waals surface area contributed by atoms with Gasteiger partial charge in [-0.25, -0.2) is 9.59 Å². The Morgan fingerprint density at radius 1 is 1.05 bits per heavy atom. The van der Waals surface area contributed by atoms with Gasteiger partial charge in [0.1, 0.15) is 5.60 Å². The van der Waals surface area contributed by atoms with Gasteiger partial charge in [-0.05, 0) is 44.9 Å². The van der Waals surface area contributed by atoms with Gasteiger partial charge >= 0.3 is 11.8 Å². The molecule has 0 bridgehead atoms. The Morgan fingerprint density at radius 3 is 2.43 bits per heavy atom. The number of benzene rings is 1. The molecule has 3 heterocycles. The normalized spacial score (nSPS) is 16.2. The molecule has 0 saturated carbocycles. The number of aryl methyl sites for hydroxylation is 1. The first-order valence-corrected chi connectivity index (χ1v) is 12.7. The topological polar surface area (TPSA) is 129 Å². The van der Waals surface area contributed by atoms with Crippen molar-refractivity contribution in [2.75, 3.05) is 44.6 Å². The van der Waals surface area contributed by atoms with Crippen LogP contribution in [0.2, 0.25) is 0 Å². The predicted molar refractivity (Wildman–Crippen MR) is 140 cm³/mol. The zero-order valence-electron chi connectivity index (χ0n) is 21.8. The molecule has 1 aromatic carbocycles. The minimum atomic E-state index is -0.527. The van der Waals surface area contributed by atoms with Gasteiger partial charge < -0.3 is 20.3 Å². The summed E-state index contributed by atoms with van der Waals surface area (Å²) < 4.78 is 7.08. The van der Waals surface area contributed by atoms with Gasteiger partial charge in [-0.3, -0.25) is 24.0 Å². The summed E-state index contributed by atoms with van der Waals surface area (Å²) in [4.78, 5) is 55.3. The maximum absolute atomic E-state index is 12.6. The van der Waals surface area contributed by atoms with Crippen molar-refractivity contribution in [2.24, 2.45) is 0 Å². The summed E-state index contributed by atoms with van der Waals surface area (Å²) in [5, 5.41) is 6.09. The van der Waals surface area contributed by atoms with Crippen molar-refractivity contribution in [2.45, 2.75) is 52.3 Å². The van der Waals surface area contributed by atoms with E-state index < -0.39 is 5.60 Å². The minimum absolute atomic E-state index is 0.113. The molecule has 0 unspecified atom stereocenters. The van der Waals surface area contributed by atoms with Gasteiger partial charge in [-0.2, -0.15) is 0 Å². The van der Waals surface area contributed by atoms with Crippen LogP contribution in [0.15, 0.2) is 33.9 Å². The summed E-state index contributed by atoms with van der Waals surface area (Å²) >= 11 is 0. The molecular weight excluding hydrogens is 476 g/mol. The molecule has 1 fully saturated rings. The van der Waals surface area contributed by atoms with Crippen molar-refractivity contribution >= 4 is 17.7 Å². The molecule has 2 amide bonds. The molecule has 200 valence electrons. The first kappa shape index (κ1) is 26.6. The fourth-order valence-electron chi connectivity index (χ4n) is 4.60. The molecule has 1 saturated heterocycles. The van der Waals surface area contributed by atoms with Crippen LogP contribution in [-0.2, 0) is 35.5 Å². The zero-order valence-corrected chi connectivity index (χ0v) is 21.8. The van der Waals surface area contributed by atoms with Crippen LogP contribution in [0.3, 0.4) is 0 Å². The number of hydrogen-bond acceptors (Lipinski definition) is 7. The van der Waals surface area contributed by atoms with E-state index in [9.17, 15) is 19.2 Å². The number of rotatable bonds is 6. The van der Waals surface area contributed by atoms with E-state index >= 15 is 0 Å². The Kier molecular flexibility index (Phi) is 8.13. The van der Waals surface area contributed by atoms with Crippen LogP contribution in [0.4, 0.5) is 10.5 Å². The average molecular weight is 513 g/mol. The van der Waals surface area contributed by atoms with Crippen molar-refractivity contribution < 1.29 is 14.3 Å². The number of carbonyl (C=O) groups excluding carboxylic acids is 2. The summed E-state index contributed by atoms with van der Waals surface area (Å²) in [6.45, 7) is 9.72. The van der Waals surface area contributed by atoms with E-state index in [1.807, 2.05) is 49.9 Å². The monoisotopic (exact) mass is 512 g/mol. The van der Waals surface area contributed by atoms with Crippen LogP contribution in [0, 0.1) is 0 Å². The summed E-state index contributed by atoms with van der Waals surface area (Å²) in [6, 6.07) is 7.56. The maximum Gasteiger partial charge on any atom is 0.410 e. The molecule has 0 radical (unpaired) electrons. The molecule has 0 spiro atoms. The summed E-state index contributed by atoms with van der Waals surface area (Å²) in [7, 11) is 0. The van der Waals surface area contributed by atoms with E-state index in [0.717, 1.165) is 17.8 Å². The van der Waals surface area contributed by atoms with E-state index in [1.165, 1.54) is 0 Å². The highest BCUT2D eigenvalue weighted by Crippen LogP contribution is 2.14. The average Bonchev–Trinajstić information content (AvgIpc) is 2.84. The van der Waals surface area contributed by atoms with Crippen molar-refractivity contribution in [1.82, 2.24) is 24.7 Å². The molecule has 37 heavy (non-hydrogen) atoms. The fraction of sp³-hybridized carbons (Fsp3) is 0.538. The van der Waals surface area contributed by atoms with E-state index in [0.29, 0.717) is 63.4 Å². The van der Waals surface area contributed by atoms with Crippen LogP contribution >= 0.6 is 0 Å². The standard InChI is InChI=1S/C26H36N6O5/c1-26(2,3)37-25(36)31-14-12-30(13-15-31)17-22(33)28-19-6-4-18(5-7-19)9-11-32-21-8-10-27-16-20(21)23(34)29-24(32)35/h4-7,27H,8-17H2,1-3H3,(H,28,33)(H,29,34,35). The lowest BCUT2D eigenvalue weighted by molar-refractivity contribution is -0.117. The highest BCUT2D eigenvalue weighted by atomic mass is 16.6. The Balaban J connectivity index is 1.25. The first-order chi connectivity index (χ1) is 17.6. The molecular formula is C26H36N6O5. The van der Waals surface area contributed by atoms with Crippen molar-refractivity contribution in [1.29, 1.82) is 0 Å². The van der Waals surface area contributed by atoms with Gasteiger partial charge in [-0.1, -0.05) is 12.1 Å². The summed E-state index contributed by atoms with van der Waals surface area (Å²) in [6.07, 6.45) is 0.955. The van der Waals surface area contributed by atoms with Crippen LogP contribution in [0.25, 0.3) is 0 Å². The van der Waals surface area contributed by atoms with Gasteiger partial charge in [0.15, 0.2) is 0 Å². The van der Waals surface area contributed by atoms with E-state index in [4.69, 9.17) is 4.74 Å². The quantitative estimate of drug-likeness (QED) is 0.525. The number of piperazine rings is 1. The molecule has 2 aliphatic heterocycles. The second kappa shape index (κ2) is 11.3. The molecule has 0 atom stereocenters. The van der Waals surface area contributed by atoms with E-state index in [1.54, 1.807) is 9.47 Å². The van der Waals surface area contributed by atoms with Crippen molar-refractivity contribution in [3.8, 4) is 0 Å². The minimum Gasteiger partial charge on any atom is -0.444 e. The molecule has 0 aliphatic carbocycles. The Morgan fingerprint density at radius 2 is 1.76 bits per heavy atom. The highest BCUT2D eigenvalue weighted by molar-refractivity contribution is 5.92. The summed E-state index contributed by atoms with van der Waals surface area (Å²) in [5.74, 6) is -0.113. The number of nitrogens with one attached hydrogen (secondary N) is 3. The third kappa shape index (κ3) is 7.07. The Bertz CT molecular complexity index is 1240. The second-order valence-corrected chi connectivity index (χ2v) is 10.5. The zero-order chi connectivity index (χ0) is 26.6. The predicted octanol–water partition coefficient (Wildman–Crippen LogP) is 0.916. The third-order valence-corrected chi connectivity index (χ3v) is 6.51. The first-order valence-electron chi connectivity index (χ1n) is 12.7. The second-order valence-electron chi connectivity index (χ2n) is 10.5. The lowest BCUT2D eigenvalue weighted by Gasteiger charge is -2.35. The Labute approximate surface area is 215 Å². The number of H-pyrrole nitrogens is 1. The van der Waals surface area contributed by atoms with Crippen LogP contribution in [0.5, 0.6) is 0 Å². The largest absolute Gasteiger partial charge is 0.444 e. The third-order valence-electron chi connectivity index (χ3n) is 6.51. The number of aromatic amines is 1. The molecule has 11 nitrogen and oxygen atoms in total. The number of ether oxygens (including phenoxy) is 1. The molecule has 11 heteroatoms. The number of fused-ring (bicyclic) bond motifs is 1. The van der Waals surface area contributed by atoms with Gasteiger partial charge in [0.2, 0.25) is 5.91 Å². The smallest absolute Gasteiger partial charge is 0.410 e. The number of anilines is 1.